The summed E-state index contributed by atoms with van der Waals surface area (Å²) in [7, 11) is 0. The molecule has 3 nitrogen and oxygen atoms in total. The molecule has 3 aromatic rings. The lowest BCUT2D eigenvalue weighted by Gasteiger charge is -2.15. The number of nitrogens with one attached hydrogen (secondary N) is 1. The van der Waals surface area contributed by atoms with E-state index in [-0.39, 0.29) is 18.2 Å². The molecular formula is C19H18FNO2. The fourth-order valence-electron chi connectivity index (χ4n) is 3.13. The van der Waals surface area contributed by atoms with Gasteiger partial charge in [0.2, 0.25) is 0 Å². The van der Waals surface area contributed by atoms with Crippen molar-refractivity contribution < 1.29 is 14.3 Å². The number of rotatable bonds is 5. The molecule has 3 rings (SSSR count). The predicted molar refractivity (Wildman–Crippen MR) is 88.2 cm³/mol. The second kappa shape index (κ2) is 6.24. The molecule has 23 heavy (non-hydrogen) atoms. The summed E-state index contributed by atoms with van der Waals surface area (Å²) in [6.45, 7) is 2.08. The molecule has 118 valence electrons. The van der Waals surface area contributed by atoms with E-state index in [1.165, 1.54) is 17.7 Å². The number of halogens is 1. The van der Waals surface area contributed by atoms with Gasteiger partial charge in [0.1, 0.15) is 5.82 Å². The number of aromatic amines is 1. The standard InChI is InChI=1S/C19H18FNO2/c1-2-12-5-4-8-15-17(11-21-19(12)15)16(10-18(22)23)13-6-3-7-14(20)9-13/h3-9,11,16,21H,2,10H2,1H3,(H,22,23)/t16-/m1/s1. The van der Waals surface area contributed by atoms with Crippen LogP contribution in [0.5, 0.6) is 0 Å². The number of hydrogen-bond acceptors (Lipinski definition) is 1. The van der Waals surface area contributed by atoms with Crippen LogP contribution in [-0.2, 0) is 11.2 Å². The monoisotopic (exact) mass is 311 g/mol. The van der Waals surface area contributed by atoms with E-state index in [1.807, 2.05) is 18.3 Å². The zero-order valence-electron chi connectivity index (χ0n) is 12.8. The third kappa shape index (κ3) is 2.97. The molecule has 0 saturated carbocycles. The fourth-order valence-corrected chi connectivity index (χ4v) is 3.13. The van der Waals surface area contributed by atoms with Gasteiger partial charge in [-0.05, 0) is 35.2 Å². The number of carboxylic acids is 1. The number of hydrogen-bond donors (Lipinski definition) is 2. The van der Waals surface area contributed by atoms with Gasteiger partial charge in [-0.2, -0.15) is 0 Å². The van der Waals surface area contributed by atoms with Crippen molar-refractivity contribution in [1.82, 2.24) is 4.98 Å². The van der Waals surface area contributed by atoms with Crippen LogP contribution in [0.2, 0.25) is 0 Å². The summed E-state index contributed by atoms with van der Waals surface area (Å²) in [4.78, 5) is 14.6. The topological polar surface area (TPSA) is 53.1 Å². The van der Waals surface area contributed by atoms with Crippen LogP contribution in [-0.4, -0.2) is 16.1 Å². The Morgan fingerprint density at radius 2 is 2.04 bits per heavy atom. The molecule has 0 bridgehead atoms. The molecule has 0 amide bonds. The van der Waals surface area contributed by atoms with Gasteiger partial charge in [0.05, 0.1) is 6.42 Å². The highest BCUT2D eigenvalue weighted by atomic mass is 19.1. The Balaban J connectivity index is 2.16. The minimum atomic E-state index is -0.903. The van der Waals surface area contributed by atoms with E-state index in [2.05, 4.69) is 18.0 Å². The van der Waals surface area contributed by atoms with Gasteiger partial charge >= 0.3 is 5.97 Å². The first kappa shape index (κ1) is 15.3. The Bertz CT molecular complexity index is 853. The zero-order chi connectivity index (χ0) is 16.4. The number of H-pyrrole nitrogens is 1. The Labute approximate surface area is 133 Å². The van der Waals surface area contributed by atoms with Crippen LogP contribution in [0.25, 0.3) is 10.9 Å². The summed E-state index contributed by atoms with van der Waals surface area (Å²) in [5, 5.41) is 10.3. The van der Waals surface area contributed by atoms with E-state index in [1.54, 1.807) is 12.1 Å². The summed E-state index contributed by atoms with van der Waals surface area (Å²) < 4.78 is 13.6. The van der Waals surface area contributed by atoms with Gasteiger partial charge in [0, 0.05) is 23.0 Å². The molecule has 0 spiro atoms. The summed E-state index contributed by atoms with van der Waals surface area (Å²) in [5.41, 5.74) is 3.78. The molecule has 2 N–H and O–H groups in total. The molecule has 0 aliphatic rings. The molecule has 1 aromatic heterocycles. The molecule has 1 atom stereocenters. The summed E-state index contributed by atoms with van der Waals surface area (Å²) >= 11 is 0. The highest BCUT2D eigenvalue weighted by Crippen LogP contribution is 2.34. The summed E-state index contributed by atoms with van der Waals surface area (Å²) in [5.74, 6) is -1.64. The highest BCUT2D eigenvalue weighted by Gasteiger charge is 2.22. The molecule has 4 heteroatoms. The van der Waals surface area contributed by atoms with Crippen LogP contribution in [0.4, 0.5) is 4.39 Å². The van der Waals surface area contributed by atoms with Crippen LogP contribution >= 0.6 is 0 Å². The van der Waals surface area contributed by atoms with Crippen LogP contribution in [0, 0.1) is 5.82 Å². The number of aromatic nitrogens is 1. The van der Waals surface area contributed by atoms with E-state index in [0.717, 1.165) is 22.9 Å². The normalized spacial score (nSPS) is 12.4. The maximum absolute atomic E-state index is 13.6. The zero-order valence-corrected chi connectivity index (χ0v) is 12.8. The van der Waals surface area contributed by atoms with Gasteiger partial charge in [0.15, 0.2) is 0 Å². The lowest BCUT2D eigenvalue weighted by molar-refractivity contribution is -0.137. The molecule has 0 radical (unpaired) electrons. The molecule has 0 fully saturated rings. The number of aliphatic carboxylic acids is 1. The number of carbonyl (C=O) groups is 1. The van der Waals surface area contributed by atoms with E-state index in [9.17, 15) is 14.3 Å². The largest absolute Gasteiger partial charge is 0.481 e. The van der Waals surface area contributed by atoms with E-state index >= 15 is 0 Å². The second-order valence-electron chi connectivity index (χ2n) is 5.64. The van der Waals surface area contributed by atoms with Crippen molar-refractivity contribution in [1.29, 1.82) is 0 Å². The van der Waals surface area contributed by atoms with Crippen molar-refractivity contribution in [3.63, 3.8) is 0 Å². The average molecular weight is 311 g/mol. The van der Waals surface area contributed by atoms with Crippen LogP contribution < -0.4 is 0 Å². The van der Waals surface area contributed by atoms with Crippen molar-refractivity contribution in [2.75, 3.05) is 0 Å². The Morgan fingerprint density at radius 1 is 1.26 bits per heavy atom. The molecule has 2 aromatic carbocycles. The molecule has 0 aliphatic heterocycles. The number of para-hydroxylation sites is 1. The SMILES string of the molecule is CCc1cccc2c([C@H](CC(=O)O)c3cccc(F)c3)c[nH]c12. The average Bonchev–Trinajstić information content (AvgIpc) is 2.96. The quantitative estimate of drug-likeness (QED) is 0.730. The smallest absolute Gasteiger partial charge is 0.304 e. The highest BCUT2D eigenvalue weighted by molar-refractivity contribution is 5.87. The fraction of sp³-hybridized carbons (Fsp3) is 0.211. The van der Waals surface area contributed by atoms with E-state index in [0.29, 0.717) is 5.56 Å². The first-order valence-corrected chi connectivity index (χ1v) is 7.66. The maximum Gasteiger partial charge on any atom is 0.304 e. The Hall–Kier alpha value is -2.62. The summed E-state index contributed by atoms with van der Waals surface area (Å²) in [6.07, 6.45) is 2.66. The van der Waals surface area contributed by atoms with Gasteiger partial charge in [-0.15, -0.1) is 0 Å². The van der Waals surface area contributed by atoms with Crippen LogP contribution in [0.3, 0.4) is 0 Å². The molecule has 0 saturated heterocycles. The third-order valence-corrected chi connectivity index (χ3v) is 4.22. The Morgan fingerprint density at radius 3 is 2.74 bits per heavy atom. The van der Waals surface area contributed by atoms with Crippen molar-refractivity contribution >= 4 is 16.9 Å². The Kier molecular flexibility index (Phi) is 4.15. The van der Waals surface area contributed by atoms with Gasteiger partial charge in [-0.3, -0.25) is 4.79 Å². The van der Waals surface area contributed by atoms with Crippen molar-refractivity contribution in [3.05, 3.63) is 71.2 Å². The number of aryl methyl sites for hydroxylation is 1. The number of benzene rings is 2. The number of fused-ring (bicyclic) bond motifs is 1. The predicted octanol–water partition coefficient (Wildman–Crippen LogP) is 4.48. The van der Waals surface area contributed by atoms with Crippen LogP contribution in [0.1, 0.15) is 36.0 Å². The molecule has 0 unspecified atom stereocenters. The van der Waals surface area contributed by atoms with Crippen molar-refractivity contribution in [2.45, 2.75) is 25.7 Å². The van der Waals surface area contributed by atoms with E-state index < -0.39 is 5.97 Å². The van der Waals surface area contributed by atoms with Crippen molar-refractivity contribution in [2.24, 2.45) is 0 Å². The minimum Gasteiger partial charge on any atom is -0.481 e. The third-order valence-electron chi connectivity index (χ3n) is 4.22. The van der Waals surface area contributed by atoms with Crippen LogP contribution in [0.15, 0.2) is 48.7 Å². The second-order valence-corrected chi connectivity index (χ2v) is 5.64. The molecular weight excluding hydrogens is 293 g/mol. The minimum absolute atomic E-state index is 0.0766. The number of carboxylic acid groups (broad SMARTS) is 1. The summed E-state index contributed by atoms with van der Waals surface area (Å²) in [6, 6.07) is 12.2. The molecule has 0 aliphatic carbocycles. The van der Waals surface area contributed by atoms with Gasteiger partial charge < -0.3 is 10.1 Å². The van der Waals surface area contributed by atoms with E-state index in [4.69, 9.17) is 0 Å². The maximum atomic E-state index is 13.6. The molecule has 1 heterocycles. The van der Waals surface area contributed by atoms with Gasteiger partial charge in [-0.1, -0.05) is 37.3 Å². The van der Waals surface area contributed by atoms with Gasteiger partial charge in [-0.25, -0.2) is 4.39 Å². The lowest BCUT2D eigenvalue weighted by atomic mass is 9.88. The first-order valence-electron chi connectivity index (χ1n) is 7.66. The first-order chi connectivity index (χ1) is 11.1. The lowest BCUT2D eigenvalue weighted by Crippen LogP contribution is -2.08. The van der Waals surface area contributed by atoms with Gasteiger partial charge in [0.25, 0.3) is 0 Å². The van der Waals surface area contributed by atoms with Crippen molar-refractivity contribution in [3.8, 4) is 0 Å².